The lowest BCUT2D eigenvalue weighted by Gasteiger charge is -2.30. The Morgan fingerprint density at radius 3 is 2.75 bits per heavy atom. The van der Waals surface area contributed by atoms with Gasteiger partial charge in [0.15, 0.2) is 5.96 Å². The smallest absolute Gasteiger partial charge is 0.193 e. The molecule has 2 fully saturated rings. The third-order valence-corrected chi connectivity index (χ3v) is 5.12. The molecule has 2 heterocycles. The summed E-state index contributed by atoms with van der Waals surface area (Å²) in [5.74, 6) is 2.77. The van der Waals surface area contributed by atoms with Gasteiger partial charge in [-0.2, -0.15) is 0 Å². The van der Waals surface area contributed by atoms with E-state index in [9.17, 15) is 0 Å². The van der Waals surface area contributed by atoms with Crippen LogP contribution in [0.4, 0.5) is 0 Å². The second-order valence-electron chi connectivity index (χ2n) is 7.10. The first-order valence-electron chi connectivity index (χ1n) is 9.43. The molecule has 0 bridgehead atoms. The van der Waals surface area contributed by atoms with Gasteiger partial charge in [0, 0.05) is 45.8 Å². The third-order valence-electron chi connectivity index (χ3n) is 5.12. The lowest BCUT2D eigenvalue weighted by Crippen LogP contribution is -2.45. The highest BCUT2D eigenvalue weighted by molar-refractivity contribution is 5.80. The van der Waals surface area contributed by atoms with Gasteiger partial charge in [0.2, 0.25) is 0 Å². The number of nitrogens with one attached hydrogen (secondary N) is 1. The number of rotatable bonds is 6. The topological polar surface area (TPSA) is 50.0 Å². The minimum atomic E-state index is 0.588. The standard InChI is InChI=1S/C19H31N3O2/c1-22(15-16-9-13-23-14-10-16)19(21-17-5-2-3-6-17)20-11-8-18-7-4-12-24-18/h4,7,12,16-17H,2-3,5-6,8-11,13-15H2,1H3,(H,20,21). The highest BCUT2D eigenvalue weighted by atomic mass is 16.5. The molecule has 1 saturated heterocycles. The first-order valence-corrected chi connectivity index (χ1v) is 9.43. The lowest BCUT2D eigenvalue weighted by molar-refractivity contribution is 0.0609. The first kappa shape index (κ1) is 17.3. The van der Waals surface area contributed by atoms with Crippen LogP contribution in [0, 0.1) is 5.92 Å². The molecule has 0 amide bonds. The van der Waals surface area contributed by atoms with Gasteiger partial charge in [-0.05, 0) is 43.7 Å². The average Bonchev–Trinajstić information content (AvgIpc) is 3.28. The van der Waals surface area contributed by atoms with Crippen molar-refractivity contribution in [3.8, 4) is 0 Å². The van der Waals surface area contributed by atoms with Gasteiger partial charge in [0.1, 0.15) is 5.76 Å². The summed E-state index contributed by atoms with van der Waals surface area (Å²) in [6.45, 7) is 3.63. The number of ether oxygens (including phenoxy) is 1. The Morgan fingerprint density at radius 2 is 2.04 bits per heavy atom. The van der Waals surface area contributed by atoms with Gasteiger partial charge in [0.05, 0.1) is 6.26 Å². The number of nitrogens with zero attached hydrogens (tertiary/aromatic N) is 2. The van der Waals surface area contributed by atoms with Gasteiger partial charge < -0.3 is 19.4 Å². The molecule has 1 saturated carbocycles. The molecule has 0 radical (unpaired) electrons. The lowest BCUT2D eigenvalue weighted by atomic mass is 10.00. The van der Waals surface area contributed by atoms with E-state index in [1.54, 1.807) is 6.26 Å². The zero-order valence-corrected chi connectivity index (χ0v) is 14.9. The van der Waals surface area contributed by atoms with Crippen LogP contribution in [0.15, 0.2) is 27.8 Å². The molecule has 0 spiro atoms. The minimum absolute atomic E-state index is 0.588. The van der Waals surface area contributed by atoms with Crippen molar-refractivity contribution in [2.75, 3.05) is 33.4 Å². The molecule has 1 aliphatic carbocycles. The Balaban J connectivity index is 1.56. The fraction of sp³-hybridized carbons (Fsp3) is 0.737. The normalized spacial score (nSPS) is 20.5. The van der Waals surface area contributed by atoms with Crippen LogP contribution in [-0.2, 0) is 11.2 Å². The molecule has 24 heavy (non-hydrogen) atoms. The largest absolute Gasteiger partial charge is 0.469 e. The number of aliphatic imine (C=N–C) groups is 1. The van der Waals surface area contributed by atoms with Crippen molar-refractivity contribution in [3.63, 3.8) is 0 Å². The van der Waals surface area contributed by atoms with E-state index in [1.807, 2.05) is 12.1 Å². The summed E-state index contributed by atoms with van der Waals surface area (Å²) in [4.78, 5) is 7.18. The van der Waals surface area contributed by atoms with Crippen LogP contribution in [0.5, 0.6) is 0 Å². The van der Waals surface area contributed by atoms with Crippen LogP contribution >= 0.6 is 0 Å². The summed E-state index contributed by atoms with van der Waals surface area (Å²) in [5, 5.41) is 3.70. The number of hydrogen-bond donors (Lipinski definition) is 1. The molecular formula is C19H31N3O2. The molecule has 3 rings (SSSR count). The van der Waals surface area contributed by atoms with E-state index >= 15 is 0 Å². The van der Waals surface area contributed by atoms with Crippen molar-refractivity contribution in [1.82, 2.24) is 10.2 Å². The van der Waals surface area contributed by atoms with E-state index in [1.165, 1.54) is 25.7 Å². The number of guanidine groups is 1. The fourth-order valence-corrected chi connectivity index (χ4v) is 3.66. The molecule has 0 atom stereocenters. The van der Waals surface area contributed by atoms with E-state index in [0.717, 1.165) is 57.3 Å². The molecule has 0 unspecified atom stereocenters. The summed E-state index contributed by atoms with van der Waals surface area (Å²) in [6.07, 6.45) is 10.1. The maximum atomic E-state index is 5.48. The summed E-state index contributed by atoms with van der Waals surface area (Å²) in [5.41, 5.74) is 0. The SMILES string of the molecule is CN(CC1CCOCC1)C(=NCCc1ccco1)NC1CCCC1. The second kappa shape index (κ2) is 9.11. The predicted molar refractivity (Wildman–Crippen MR) is 96.3 cm³/mol. The summed E-state index contributed by atoms with van der Waals surface area (Å²) in [6, 6.07) is 4.55. The van der Waals surface area contributed by atoms with Crippen LogP contribution in [0.25, 0.3) is 0 Å². The van der Waals surface area contributed by atoms with E-state index in [-0.39, 0.29) is 0 Å². The molecule has 2 aliphatic rings. The molecular weight excluding hydrogens is 302 g/mol. The molecule has 5 heteroatoms. The van der Waals surface area contributed by atoms with Crippen molar-refractivity contribution < 1.29 is 9.15 Å². The highest BCUT2D eigenvalue weighted by Gasteiger charge is 2.21. The quantitative estimate of drug-likeness (QED) is 0.642. The van der Waals surface area contributed by atoms with E-state index in [2.05, 4.69) is 17.3 Å². The summed E-state index contributed by atoms with van der Waals surface area (Å²) in [7, 11) is 2.17. The Hall–Kier alpha value is -1.49. The maximum Gasteiger partial charge on any atom is 0.193 e. The molecule has 5 nitrogen and oxygen atoms in total. The van der Waals surface area contributed by atoms with Gasteiger partial charge in [-0.3, -0.25) is 4.99 Å². The zero-order chi connectivity index (χ0) is 16.6. The van der Waals surface area contributed by atoms with Gasteiger partial charge >= 0.3 is 0 Å². The summed E-state index contributed by atoms with van der Waals surface area (Å²) >= 11 is 0. The molecule has 1 aromatic heterocycles. The van der Waals surface area contributed by atoms with Gasteiger partial charge in [-0.15, -0.1) is 0 Å². The van der Waals surface area contributed by atoms with E-state index in [4.69, 9.17) is 14.1 Å². The average molecular weight is 333 g/mol. The predicted octanol–water partition coefficient (Wildman–Crippen LogP) is 3.07. The highest BCUT2D eigenvalue weighted by Crippen LogP contribution is 2.19. The zero-order valence-electron chi connectivity index (χ0n) is 14.9. The first-order chi connectivity index (χ1) is 11.8. The van der Waals surface area contributed by atoms with Crippen molar-refractivity contribution >= 4 is 5.96 Å². The van der Waals surface area contributed by atoms with Crippen LogP contribution in [0.1, 0.15) is 44.3 Å². The minimum Gasteiger partial charge on any atom is -0.469 e. The van der Waals surface area contributed by atoms with Crippen molar-refractivity contribution in [1.29, 1.82) is 0 Å². The molecule has 1 aromatic rings. The Bertz CT molecular complexity index is 489. The van der Waals surface area contributed by atoms with Crippen molar-refractivity contribution in [2.24, 2.45) is 10.9 Å². The number of hydrogen-bond acceptors (Lipinski definition) is 3. The van der Waals surface area contributed by atoms with E-state index in [0.29, 0.717) is 12.0 Å². The van der Waals surface area contributed by atoms with Gasteiger partial charge in [-0.25, -0.2) is 0 Å². The van der Waals surface area contributed by atoms with Crippen molar-refractivity contribution in [3.05, 3.63) is 24.2 Å². The van der Waals surface area contributed by atoms with E-state index < -0.39 is 0 Å². The number of furan rings is 1. The van der Waals surface area contributed by atoms with Gasteiger partial charge in [0.25, 0.3) is 0 Å². The Kier molecular flexibility index (Phi) is 6.58. The summed E-state index contributed by atoms with van der Waals surface area (Å²) < 4.78 is 10.9. The molecule has 1 N–H and O–H groups in total. The van der Waals surface area contributed by atoms with Crippen LogP contribution < -0.4 is 5.32 Å². The van der Waals surface area contributed by atoms with Crippen LogP contribution in [0.2, 0.25) is 0 Å². The van der Waals surface area contributed by atoms with Crippen molar-refractivity contribution in [2.45, 2.75) is 51.0 Å². The Morgan fingerprint density at radius 1 is 1.25 bits per heavy atom. The van der Waals surface area contributed by atoms with Gasteiger partial charge in [-0.1, -0.05) is 12.8 Å². The monoisotopic (exact) mass is 333 g/mol. The molecule has 0 aromatic carbocycles. The molecule has 1 aliphatic heterocycles. The Labute approximate surface area is 145 Å². The maximum absolute atomic E-state index is 5.48. The molecule has 134 valence electrons. The van der Waals surface area contributed by atoms with Crippen LogP contribution in [-0.4, -0.2) is 50.3 Å². The fourth-order valence-electron chi connectivity index (χ4n) is 3.66. The second-order valence-corrected chi connectivity index (χ2v) is 7.10. The third kappa shape index (κ3) is 5.26. The van der Waals surface area contributed by atoms with Crippen LogP contribution in [0.3, 0.4) is 0 Å².